The number of nitrogens with one attached hydrogen (secondary N) is 1. The number of carbonyl (C=O) groups excluding carboxylic acids is 2. The van der Waals surface area contributed by atoms with Crippen LogP contribution in [-0.4, -0.2) is 48.1 Å². The zero-order valence-corrected chi connectivity index (χ0v) is 12.0. The van der Waals surface area contributed by atoms with Crippen molar-refractivity contribution in [2.24, 2.45) is 5.92 Å². The molecular weight excluding hydrogens is 244 g/mol. The van der Waals surface area contributed by atoms with Crippen molar-refractivity contribution in [2.75, 3.05) is 13.2 Å². The van der Waals surface area contributed by atoms with E-state index >= 15 is 0 Å². The largest absolute Gasteiger partial charge is 0.381 e. The summed E-state index contributed by atoms with van der Waals surface area (Å²) < 4.78 is 5.36. The minimum absolute atomic E-state index is 0.00714. The summed E-state index contributed by atoms with van der Waals surface area (Å²) in [6.45, 7) is 7.26. The number of hydrogen-bond acceptors (Lipinski definition) is 3. The van der Waals surface area contributed by atoms with Gasteiger partial charge in [0.25, 0.3) is 0 Å². The molecule has 2 unspecified atom stereocenters. The lowest BCUT2D eigenvalue weighted by atomic mass is 9.93. The third-order valence-electron chi connectivity index (χ3n) is 4.09. The summed E-state index contributed by atoms with van der Waals surface area (Å²) in [6.07, 6.45) is 2.33. The molecule has 0 radical (unpaired) electrons. The van der Waals surface area contributed by atoms with Crippen LogP contribution < -0.4 is 5.32 Å². The number of ether oxygens (including phenoxy) is 1. The fraction of sp³-hybridized carbons (Fsp3) is 0.857. The van der Waals surface area contributed by atoms with Crippen LogP contribution in [0, 0.1) is 5.92 Å². The van der Waals surface area contributed by atoms with Gasteiger partial charge in [-0.1, -0.05) is 20.8 Å². The second-order valence-electron chi connectivity index (χ2n) is 5.74. The third-order valence-corrected chi connectivity index (χ3v) is 4.09. The summed E-state index contributed by atoms with van der Waals surface area (Å²) in [4.78, 5) is 26.7. The van der Waals surface area contributed by atoms with Crippen LogP contribution in [0.1, 0.15) is 40.0 Å². The molecule has 19 heavy (non-hydrogen) atoms. The number of hydrogen-bond donors (Lipinski definition) is 1. The van der Waals surface area contributed by atoms with E-state index in [2.05, 4.69) is 5.32 Å². The third kappa shape index (κ3) is 2.76. The van der Waals surface area contributed by atoms with Crippen LogP contribution in [0.25, 0.3) is 0 Å². The molecule has 0 aromatic heterocycles. The molecule has 5 nitrogen and oxygen atoms in total. The summed E-state index contributed by atoms with van der Waals surface area (Å²) in [6, 6.07) is -0.540. The van der Waals surface area contributed by atoms with Crippen molar-refractivity contribution in [2.45, 2.75) is 58.2 Å². The van der Waals surface area contributed by atoms with E-state index in [4.69, 9.17) is 4.74 Å². The Morgan fingerprint density at radius 3 is 2.47 bits per heavy atom. The van der Waals surface area contributed by atoms with Gasteiger partial charge in [-0.2, -0.15) is 0 Å². The molecule has 1 N–H and O–H groups in total. The monoisotopic (exact) mass is 268 g/mol. The zero-order chi connectivity index (χ0) is 14.0. The Hall–Kier alpha value is -1.10. The molecule has 0 aliphatic carbocycles. The first-order valence-electron chi connectivity index (χ1n) is 7.26. The van der Waals surface area contributed by atoms with E-state index in [9.17, 15) is 9.59 Å². The van der Waals surface area contributed by atoms with Crippen LogP contribution >= 0.6 is 0 Å². The lowest BCUT2D eigenvalue weighted by Gasteiger charge is -2.45. The van der Waals surface area contributed by atoms with Crippen LogP contribution in [0.3, 0.4) is 0 Å². The van der Waals surface area contributed by atoms with Gasteiger partial charge in [0, 0.05) is 19.3 Å². The maximum atomic E-state index is 12.7. The molecule has 2 heterocycles. The van der Waals surface area contributed by atoms with Crippen LogP contribution in [0.5, 0.6) is 0 Å². The molecule has 0 spiro atoms. The Morgan fingerprint density at radius 2 is 1.95 bits per heavy atom. The van der Waals surface area contributed by atoms with Gasteiger partial charge in [-0.15, -0.1) is 0 Å². The first-order valence-corrected chi connectivity index (χ1v) is 7.26. The molecule has 2 aliphatic heterocycles. The fourth-order valence-corrected chi connectivity index (χ4v) is 2.98. The Kier molecular flexibility index (Phi) is 4.45. The minimum atomic E-state index is -0.377. The van der Waals surface area contributed by atoms with Crippen molar-refractivity contribution in [1.29, 1.82) is 0 Å². The van der Waals surface area contributed by atoms with E-state index in [1.165, 1.54) is 0 Å². The first kappa shape index (κ1) is 14.3. The molecule has 2 saturated heterocycles. The molecule has 0 bridgehead atoms. The standard InChI is InChI=1S/C14H24N2O3/c1-4-11-13(17)15-12(9(2)3)14(18)16(11)10-5-7-19-8-6-10/h9-12H,4-8H2,1-3H3,(H,15,17). The van der Waals surface area contributed by atoms with Gasteiger partial charge >= 0.3 is 0 Å². The molecule has 2 aliphatic rings. The summed E-state index contributed by atoms with van der Waals surface area (Å²) >= 11 is 0. The molecular formula is C14H24N2O3. The van der Waals surface area contributed by atoms with Crippen molar-refractivity contribution in [3.8, 4) is 0 Å². The first-order chi connectivity index (χ1) is 9.06. The molecule has 0 aromatic rings. The van der Waals surface area contributed by atoms with Crippen LogP contribution in [0.15, 0.2) is 0 Å². The van der Waals surface area contributed by atoms with Crippen molar-refractivity contribution in [3.05, 3.63) is 0 Å². The molecule has 2 rings (SSSR count). The van der Waals surface area contributed by atoms with Crippen LogP contribution in [0.4, 0.5) is 0 Å². The van der Waals surface area contributed by atoms with E-state index < -0.39 is 0 Å². The molecule has 0 saturated carbocycles. The maximum Gasteiger partial charge on any atom is 0.246 e. The number of piperazine rings is 1. The summed E-state index contributed by atoms with van der Waals surface area (Å²) in [5, 5.41) is 2.87. The minimum Gasteiger partial charge on any atom is -0.381 e. The van der Waals surface area contributed by atoms with Crippen molar-refractivity contribution >= 4 is 11.8 Å². The van der Waals surface area contributed by atoms with Gasteiger partial charge in [0.2, 0.25) is 11.8 Å². The molecule has 2 fully saturated rings. The van der Waals surface area contributed by atoms with E-state index in [1.54, 1.807) is 0 Å². The zero-order valence-electron chi connectivity index (χ0n) is 12.0. The number of carbonyl (C=O) groups is 2. The molecule has 108 valence electrons. The quantitative estimate of drug-likeness (QED) is 0.828. The lowest BCUT2D eigenvalue weighted by Crippen LogP contribution is -2.67. The Bertz CT molecular complexity index is 351. The summed E-state index contributed by atoms with van der Waals surface area (Å²) in [5.74, 6) is 0.192. The van der Waals surface area contributed by atoms with Gasteiger partial charge in [-0.25, -0.2) is 0 Å². The lowest BCUT2D eigenvalue weighted by molar-refractivity contribution is -0.155. The van der Waals surface area contributed by atoms with Gasteiger partial charge in [0.1, 0.15) is 12.1 Å². The smallest absolute Gasteiger partial charge is 0.246 e. The van der Waals surface area contributed by atoms with E-state index in [1.807, 2.05) is 25.7 Å². The SMILES string of the molecule is CCC1C(=O)NC(C(C)C)C(=O)N1C1CCOCC1. The average Bonchev–Trinajstić information content (AvgIpc) is 2.41. The summed E-state index contributed by atoms with van der Waals surface area (Å²) in [7, 11) is 0. The Labute approximate surface area is 114 Å². The Balaban J connectivity index is 2.22. The van der Waals surface area contributed by atoms with Crippen LogP contribution in [-0.2, 0) is 14.3 Å². The van der Waals surface area contributed by atoms with Gasteiger partial charge < -0.3 is 15.0 Å². The van der Waals surface area contributed by atoms with Gasteiger partial charge in [-0.3, -0.25) is 9.59 Å². The van der Waals surface area contributed by atoms with Gasteiger partial charge in [0.05, 0.1) is 0 Å². The number of rotatable bonds is 3. The predicted molar refractivity (Wildman–Crippen MR) is 71.5 cm³/mol. The van der Waals surface area contributed by atoms with E-state index in [0.717, 1.165) is 12.8 Å². The Morgan fingerprint density at radius 1 is 1.32 bits per heavy atom. The van der Waals surface area contributed by atoms with E-state index in [-0.39, 0.29) is 35.9 Å². The molecule has 2 atom stereocenters. The van der Waals surface area contributed by atoms with Crippen molar-refractivity contribution in [1.82, 2.24) is 10.2 Å². The summed E-state index contributed by atoms with van der Waals surface area (Å²) in [5.41, 5.74) is 0. The number of nitrogens with zero attached hydrogens (tertiary/aromatic N) is 1. The highest BCUT2D eigenvalue weighted by Gasteiger charge is 2.43. The van der Waals surface area contributed by atoms with Gasteiger partial charge in [-0.05, 0) is 25.2 Å². The maximum absolute atomic E-state index is 12.7. The number of amides is 2. The van der Waals surface area contributed by atoms with Gasteiger partial charge in [0.15, 0.2) is 0 Å². The molecule has 5 heteroatoms. The average molecular weight is 268 g/mol. The second kappa shape index (κ2) is 5.90. The van der Waals surface area contributed by atoms with Crippen molar-refractivity contribution in [3.63, 3.8) is 0 Å². The predicted octanol–water partition coefficient (Wildman–Crippen LogP) is 0.927. The van der Waals surface area contributed by atoms with Crippen molar-refractivity contribution < 1.29 is 14.3 Å². The highest BCUT2D eigenvalue weighted by atomic mass is 16.5. The molecule has 2 amide bonds. The highest BCUT2D eigenvalue weighted by molar-refractivity contribution is 5.97. The van der Waals surface area contributed by atoms with E-state index in [0.29, 0.717) is 19.6 Å². The second-order valence-corrected chi connectivity index (χ2v) is 5.74. The topological polar surface area (TPSA) is 58.6 Å². The fourth-order valence-electron chi connectivity index (χ4n) is 2.98. The molecule has 0 aromatic carbocycles. The highest BCUT2D eigenvalue weighted by Crippen LogP contribution is 2.24. The van der Waals surface area contributed by atoms with Crippen LogP contribution in [0.2, 0.25) is 0 Å². The normalized spacial score (nSPS) is 29.8.